The molecule has 22 heavy (non-hydrogen) atoms. The first-order valence-electron chi connectivity index (χ1n) is 6.72. The van der Waals surface area contributed by atoms with Gasteiger partial charge in [-0.25, -0.2) is 4.79 Å². The number of amides is 1. The van der Waals surface area contributed by atoms with Crippen molar-refractivity contribution in [3.05, 3.63) is 39.4 Å². The summed E-state index contributed by atoms with van der Waals surface area (Å²) in [6.07, 6.45) is -1.58. The van der Waals surface area contributed by atoms with Crippen molar-refractivity contribution >= 4 is 17.6 Å². The average molecular weight is 308 g/mol. The third kappa shape index (κ3) is 3.06. The fourth-order valence-electron chi connectivity index (χ4n) is 2.50. The number of carboxylic acid groups (broad SMARTS) is 1. The number of carbonyl (C=O) groups is 2. The number of ether oxygens (including phenoxy) is 1. The highest BCUT2D eigenvalue weighted by Crippen LogP contribution is 2.25. The molecule has 1 saturated heterocycles. The second-order valence-electron chi connectivity index (χ2n) is 5.21. The van der Waals surface area contributed by atoms with Gasteiger partial charge >= 0.3 is 5.97 Å². The normalized spacial score (nSPS) is 21.5. The molecular formula is C14H16N2O6. The molecule has 0 aliphatic carbocycles. The molecule has 1 heterocycles. The Morgan fingerprint density at radius 1 is 1.41 bits per heavy atom. The average Bonchev–Trinajstić information content (AvgIpc) is 2.45. The molecule has 1 N–H and O–H groups in total. The first kappa shape index (κ1) is 15.9. The minimum Gasteiger partial charge on any atom is -0.479 e. The van der Waals surface area contributed by atoms with Crippen LogP contribution < -0.4 is 0 Å². The minimum absolute atomic E-state index is 0.0387. The van der Waals surface area contributed by atoms with Gasteiger partial charge in [-0.15, -0.1) is 0 Å². The molecule has 2 atom stereocenters. The second-order valence-corrected chi connectivity index (χ2v) is 5.21. The summed E-state index contributed by atoms with van der Waals surface area (Å²) >= 11 is 0. The Hall–Kier alpha value is -2.48. The Kier molecular flexibility index (Phi) is 4.41. The van der Waals surface area contributed by atoms with Gasteiger partial charge in [-0.2, -0.15) is 0 Å². The molecule has 0 bridgehead atoms. The van der Waals surface area contributed by atoms with E-state index in [2.05, 4.69) is 0 Å². The number of rotatable bonds is 3. The van der Waals surface area contributed by atoms with Crippen molar-refractivity contribution in [3.63, 3.8) is 0 Å². The van der Waals surface area contributed by atoms with E-state index >= 15 is 0 Å². The van der Waals surface area contributed by atoms with E-state index in [0.29, 0.717) is 5.56 Å². The van der Waals surface area contributed by atoms with E-state index in [0.717, 1.165) is 0 Å². The number of nitro groups is 1. The Morgan fingerprint density at radius 2 is 2.09 bits per heavy atom. The molecule has 1 aliphatic rings. The maximum atomic E-state index is 12.6. The molecule has 0 saturated carbocycles. The maximum Gasteiger partial charge on any atom is 0.334 e. The number of para-hydroxylation sites is 1. The standard InChI is InChI=1S/C14H16N2O6/c1-8-4-3-5-10(12(8)16(20)21)13(17)15-6-9(2)22-11(7-15)14(18)19/h3-5,9,11H,6-7H2,1-2H3,(H,18,19)/t9-,11?/m1/s1. The topological polar surface area (TPSA) is 110 Å². The molecule has 8 nitrogen and oxygen atoms in total. The Labute approximate surface area is 126 Å². The van der Waals surface area contributed by atoms with Gasteiger partial charge in [-0.3, -0.25) is 14.9 Å². The summed E-state index contributed by atoms with van der Waals surface area (Å²) in [6, 6.07) is 4.49. The lowest BCUT2D eigenvalue weighted by Gasteiger charge is -2.34. The van der Waals surface area contributed by atoms with Crippen LogP contribution >= 0.6 is 0 Å². The second kappa shape index (κ2) is 6.10. The molecule has 8 heteroatoms. The van der Waals surface area contributed by atoms with E-state index in [1.54, 1.807) is 26.0 Å². The lowest BCUT2D eigenvalue weighted by atomic mass is 10.1. The Bertz CT molecular complexity index is 630. The smallest absolute Gasteiger partial charge is 0.334 e. The van der Waals surface area contributed by atoms with Crippen LogP contribution in [0, 0.1) is 17.0 Å². The molecule has 1 aromatic rings. The van der Waals surface area contributed by atoms with E-state index in [4.69, 9.17) is 9.84 Å². The van der Waals surface area contributed by atoms with Gasteiger partial charge in [0, 0.05) is 12.1 Å². The fourth-order valence-corrected chi connectivity index (χ4v) is 2.50. The van der Waals surface area contributed by atoms with E-state index in [-0.39, 0.29) is 24.3 Å². The van der Waals surface area contributed by atoms with Gasteiger partial charge in [0.2, 0.25) is 0 Å². The van der Waals surface area contributed by atoms with Gasteiger partial charge in [0.05, 0.1) is 17.6 Å². The molecule has 0 aromatic heterocycles. The zero-order valence-electron chi connectivity index (χ0n) is 12.2. The molecule has 118 valence electrons. The predicted octanol–water partition coefficient (Wildman–Crippen LogP) is 1.22. The number of nitrogens with zero attached hydrogens (tertiary/aromatic N) is 2. The van der Waals surface area contributed by atoms with Crippen LogP contribution in [0.1, 0.15) is 22.8 Å². The number of carboxylic acids is 1. The van der Waals surface area contributed by atoms with Gasteiger partial charge in [0.1, 0.15) is 5.56 Å². The third-order valence-electron chi connectivity index (χ3n) is 3.47. The van der Waals surface area contributed by atoms with Crippen molar-refractivity contribution in [2.75, 3.05) is 13.1 Å². The highest BCUT2D eigenvalue weighted by molar-refractivity contribution is 5.99. The monoisotopic (exact) mass is 308 g/mol. The van der Waals surface area contributed by atoms with Crippen LogP contribution in [0.4, 0.5) is 5.69 Å². The summed E-state index contributed by atoms with van der Waals surface area (Å²) in [5, 5.41) is 20.2. The quantitative estimate of drug-likeness (QED) is 0.664. The zero-order valence-corrected chi connectivity index (χ0v) is 12.2. The summed E-state index contributed by atoms with van der Waals surface area (Å²) in [4.78, 5) is 35.5. The minimum atomic E-state index is -1.16. The van der Waals surface area contributed by atoms with E-state index in [9.17, 15) is 19.7 Å². The number of aliphatic carboxylic acids is 1. The number of morpholine rings is 1. The highest BCUT2D eigenvalue weighted by atomic mass is 16.6. The van der Waals surface area contributed by atoms with Crippen LogP contribution in [0.2, 0.25) is 0 Å². The Balaban J connectivity index is 2.34. The number of aryl methyl sites for hydroxylation is 1. The molecule has 1 aliphatic heterocycles. The third-order valence-corrected chi connectivity index (χ3v) is 3.47. The molecular weight excluding hydrogens is 292 g/mol. The molecule has 2 rings (SSSR count). The number of carbonyl (C=O) groups excluding carboxylic acids is 1. The molecule has 1 aromatic carbocycles. The van der Waals surface area contributed by atoms with Crippen LogP contribution in [0.15, 0.2) is 18.2 Å². The van der Waals surface area contributed by atoms with Crippen LogP contribution in [0.25, 0.3) is 0 Å². The van der Waals surface area contributed by atoms with Crippen molar-refractivity contribution < 1.29 is 24.4 Å². The van der Waals surface area contributed by atoms with Gasteiger partial charge < -0.3 is 14.7 Å². The van der Waals surface area contributed by atoms with Crippen molar-refractivity contribution in [1.82, 2.24) is 4.90 Å². The largest absolute Gasteiger partial charge is 0.479 e. The lowest BCUT2D eigenvalue weighted by Crippen LogP contribution is -2.51. The van der Waals surface area contributed by atoms with Crippen LogP contribution in [-0.4, -0.2) is 52.1 Å². The summed E-state index contributed by atoms with van der Waals surface area (Å²) in [5.41, 5.74) is 0.0914. The molecule has 0 spiro atoms. The van der Waals surface area contributed by atoms with Crippen molar-refractivity contribution in [2.45, 2.75) is 26.1 Å². The summed E-state index contributed by atoms with van der Waals surface area (Å²) in [7, 11) is 0. The highest BCUT2D eigenvalue weighted by Gasteiger charge is 2.35. The summed E-state index contributed by atoms with van der Waals surface area (Å²) in [6.45, 7) is 3.26. The van der Waals surface area contributed by atoms with Gasteiger partial charge in [-0.05, 0) is 19.9 Å². The zero-order chi connectivity index (χ0) is 16.4. The number of nitro benzene ring substituents is 1. The van der Waals surface area contributed by atoms with Gasteiger partial charge in [0.25, 0.3) is 11.6 Å². The van der Waals surface area contributed by atoms with Gasteiger partial charge in [-0.1, -0.05) is 12.1 Å². The number of hydrogen-bond acceptors (Lipinski definition) is 5. The molecule has 1 amide bonds. The fraction of sp³-hybridized carbons (Fsp3) is 0.429. The van der Waals surface area contributed by atoms with Crippen LogP contribution in [0.5, 0.6) is 0 Å². The van der Waals surface area contributed by atoms with Crippen molar-refractivity contribution in [1.29, 1.82) is 0 Å². The number of benzene rings is 1. The maximum absolute atomic E-state index is 12.6. The number of hydrogen-bond donors (Lipinski definition) is 1. The SMILES string of the molecule is Cc1cccc(C(=O)N2CC(C(=O)O)O[C@H](C)C2)c1[N+](=O)[O-]. The van der Waals surface area contributed by atoms with Crippen molar-refractivity contribution in [2.24, 2.45) is 0 Å². The molecule has 1 unspecified atom stereocenters. The molecule has 0 radical (unpaired) electrons. The predicted molar refractivity (Wildman–Crippen MR) is 75.7 cm³/mol. The van der Waals surface area contributed by atoms with Gasteiger partial charge in [0.15, 0.2) is 6.10 Å². The van der Waals surface area contributed by atoms with Crippen LogP contribution in [0.3, 0.4) is 0 Å². The summed E-state index contributed by atoms with van der Waals surface area (Å²) < 4.78 is 5.24. The lowest BCUT2D eigenvalue weighted by molar-refractivity contribution is -0.385. The van der Waals surface area contributed by atoms with E-state index in [1.165, 1.54) is 11.0 Å². The Morgan fingerprint density at radius 3 is 2.68 bits per heavy atom. The van der Waals surface area contributed by atoms with Crippen LogP contribution in [-0.2, 0) is 9.53 Å². The first-order chi connectivity index (χ1) is 10.3. The van der Waals surface area contributed by atoms with Crippen molar-refractivity contribution in [3.8, 4) is 0 Å². The molecule has 1 fully saturated rings. The van der Waals surface area contributed by atoms with E-state index < -0.39 is 29.0 Å². The first-order valence-corrected chi connectivity index (χ1v) is 6.72. The summed E-state index contributed by atoms with van der Waals surface area (Å²) in [5.74, 6) is -1.72. The van der Waals surface area contributed by atoms with E-state index in [1.807, 2.05) is 0 Å².